The van der Waals surface area contributed by atoms with E-state index in [2.05, 4.69) is 26.2 Å². The molecule has 5 heteroatoms. The SMILES string of the molecule is Cc1cc(Br)cnc1NC(=O)[C@@H](N)C(C)C. The van der Waals surface area contributed by atoms with Gasteiger partial charge < -0.3 is 11.1 Å². The Balaban J connectivity index is 2.77. The molecule has 1 aromatic rings. The van der Waals surface area contributed by atoms with Crippen LogP contribution in [0.2, 0.25) is 0 Å². The lowest BCUT2D eigenvalue weighted by molar-refractivity contribution is -0.118. The summed E-state index contributed by atoms with van der Waals surface area (Å²) >= 11 is 3.31. The number of halogens is 1. The zero-order valence-electron chi connectivity index (χ0n) is 9.62. The number of hydrogen-bond donors (Lipinski definition) is 2. The molecule has 16 heavy (non-hydrogen) atoms. The van der Waals surface area contributed by atoms with Crippen LogP contribution in [0.4, 0.5) is 5.82 Å². The van der Waals surface area contributed by atoms with Gasteiger partial charge in [-0.25, -0.2) is 4.98 Å². The number of aromatic nitrogens is 1. The van der Waals surface area contributed by atoms with Crippen molar-refractivity contribution >= 4 is 27.7 Å². The number of pyridine rings is 1. The van der Waals surface area contributed by atoms with E-state index in [9.17, 15) is 4.79 Å². The molecular weight excluding hydrogens is 270 g/mol. The maximum atomic E-state index is 11.7. The highest BCUT2D eigenvalue weighted by atomic mass is 79.9. The van der Waals surface area contributed by atoms with Crippen molar-refractivity contribution in [1.82, 2.24) is 4.98 Å². The number of carbonyl (C=O) groups excluding carboxylic acids is 1. The fourth-order valence-corrected chi connectivity index (χ4v) is 1.62. The predicted molar refractivity (Wildman–Crippen MR) is 68.1 cm³/mol. The molecule has 1 heterocycles. The van der Waals surface area contributed by atoms with Crippen molar-refractivity contribution in [3.05, 3.63) is 22.3 Å². The van der Waals surface area contributed by atoms with E-state index in [1.807, 2.05) is 26.8 Å². The second kappa shape index (κ2) is 5.41. The van der Waals surface area contributed by atoms with Gasteiger partial charge in [-0.3, -0.25) is 4.79 Å². The molecule has 0 aliphatic carbocycles. The Bertz CT molecular complexity index is 393. The average Bonchev–Trinajstić information content (AvgIpc) is 2.20. The highest BCUT2D eigenvalue weighted by molar-refractivity contribution is 9.10. The number of rotatable bonds is 3. The fourth-order valence-electron chi connectivity index (χ4n) is 1.17. The summed E-state index contributed by atoms with van der Waals surface area (Å²) in [7, 11) is 0. The molecule has 0 spiro atoms. The van der Waals surface area contributed by atoms with Gasteiger partial charge in [-0.05, 0) is 40.4 Å². The lowest BCUT2D eigenvalue weighted by Crippen LogP contribution is -2.40. The molecule has 3 N–H and O–H groups in total. The van der Waals surface area contributed by atoms with E-state index >= 15 is 0 Å². The second-order valence-corrected chi connectivity index (χ2v) is 4.99. The first-order valence-corrected chi connectivity index (χ1v) is 5.89. The van der Waals surface area contributed by atoms with E-state index in [4.69, 9.17) is 5.73 Å². The third-order valence-corrected chi connectivity index (χ3v) is 2.74. The molecule has 1 amide bonds. The number of aryl methyl sites for hydroxylation is 1. The van der Waals surface area contributed by atoms with Gasteiger partial charge in [0.25, 0.3) is 0 Å². The molecule has 0 saturated carbocycles. The molecule has 0 saturated heterocycles. The molecule has 0 unspecified atom stereocenters. The summed E-state index contributed by atoms with van der Waals surface area (Å²) in [5.74, 6) is 0.466. The Morgan fingerprint density at radius 3 is 2.69 bits per heavy atom. The number of nitrogens with one attached hydrogen (secondary N) is 1. The Hall–Kier alpha value is -0.940. The summed E-state index contributed by atoms with van der Waals surface area (Å²) in [6.07, 6.45) is 1.64. The van der Waals surface area contributed by atoms with Crippen LogP contribution in [0.25, 0.3) is 0 Å². The highest BCUT2D eigenvalue weighted by Crippen LogP contribution is 2.17. The number of hydrogen-bond acceptors (Lipinski definition) is 3. The monoisotopic (exact) mass is 285 g/mol. The predicted octanol–water partition coefficient (Wildman–Crippen LogP) is 2.07. The van der Waals surface area contributed by atoms with Gasteiger partial charge in [-0.1, -0.05) is 13.8 Å². The van der Waals surface area contributed by atoms with Crippen LogP contribution in [0.3, 0.4) is 0 Å². The molecule has 0 bridgehead atoms. The smallest absolute Gasteiger partial charge is 0.242 e. The molecule has 1 atom stereocenters. The minimum Gasteiger partial charge on any atom is -0.320 e. The van der Waals surface area contributed by atoms with Gasteiger partial charge in [0.15, 0.2) is 0 Å². The fraction of sp³-hybridized carbons (Fsp3) is 0.455. The Morgan fingerprint density at radius 1 is 1.56 bits per heavy atom. The number of carbonyl (C=O) groups is 1. The number of anilines is 1. The van der Waals surface area contributed by atoms with Crippen LogP contribution in [0.1, 0.15) is 19.4 Å². The molecule has 0 aromatic carbocycles. The zero-order valence-corrected chi connectivity index (χ0v) is 11.2. The third kappa shape index (κ3) is 3.28. The maximum Gasteiger partial charge on any atom is 0.242 e. The van der Waals surface area contributed by atoms with E-state index in [0.717, 1.165) is 10.0 Å². The molecular formula is C11H16BrN3O. The van der Waals surface area contributed by atoms with Crippen LogP contribution in [0.15, 0.2) is 16.7 Å². The van der Waals surface area contributed by atoms with Gasteiger partial charge in [-0.2, -0.15) is 0 Å². The summed E-state index contributed by atoms with van der Waals surface area (Å²) < 4.78 is 0.885. The maximum absolute atomic E-state index is 11.7. The molecule has 0 aliphatic heterocycles. The van der Waals surface area contributed by atoms with Crippen molar-refractivity contribution in [2.75, 3.05) is 5.32 Å². The van der Waals surface area contributed by atoms with Crippen molar-refractivity contribution in [2.45, 2.75) is 26.8 Å². The zero-order chi connectivity index (χ0) is 12.3. The second-order valence-electron chi connectivity index (χ2n) is 4.08. The largest absolute Gasteiger partial charge is 0.320 e. The first kappa shape index (κ1) is 13.1. The minimum atomic E-state index is -0.509. The lowest BCUT2D eigenvalue weighted by Gasteiger charge is -2.15. The average molecular weight is 286 g/mol. The summed E-state index contributed by atoms with van der Waals surface area (Å²) in [6.45, 7) is 5.70. The molecule has 0 aliphatic rings. The Morgan fingerprint density at radius 2 is 2.19 bits per heavy atom. The summed E-state index contributed by atoms with van der Waals surface area (Å²) in [5.41, 5.74) is 6.64. The van der Waals surface area contributed by atoms with Gasteiger partial charge in [-0.15, -0.1) is 0 Å². The van der Waals surface area contributed by atoms with Crippen molar-refractivity contribution < 1.29 is 4.79 Å². The molecule has 88 valence electrons. The molecule has 0 radical (unpaired) electrons. The van der Waals surface area contributed by atoms with Crippen LogP contribution in [0, 0.1) is 12.8 Å². The number of amides is 1. The van der Waals surface area contributed by atoms with Crippen molar-refractivity contribution in [3.8, 4) is 0 Å². The summed E-state index contributed by atoms with van der Waals surface area (Å²) in [4.78, 5) is 15.8. The quantitative estimate of drug-likeness (QED) is 0.893. The topological polar surface area (TPSA) is 68.0 Å². The van der Waals surface area contributed by atoms with Crippen LogP contribution in [-0.2, 0) is 4.79 Å². The Kier molecular flexibility index (Phi) is 4.44. The third-order valence-electron chi connectivity index (χ3n) is 2.31. The first-order chi connectivity index (χ1) is 7.41. The molecule has 4 nitrogen and oxygen atoms in total. The van der Waals surface area contributed by atoms with E-state index in [1.165, 1.54) is 0 Å². The first-order valence-electron chi connectivity index (χ1n) is 5.10. The highest BCUT2D eigenvalue weighted by Gasteiger charge is 2.18. The van der Waals surface area contributed by atoms with Crippen molar-refractivity contribution in [3.63, 3.8) is 0 Å². The van der Waals surface area contributed by atoms with Gasteiger partial charge in [0, 0.05) is 10.7 Å². The standard InChI is InChI=1S/C11H16BrN3O/c1-6(2)9(13)11(16)15-10-7(3)4-8(12)5-14-10/h4-6,9H,13H2,1-3H3,(H,14,15,16)/t9-/m0/s1. The van der Waals surface area contributed by atoms with E-state index in [1.54, 1.807) is 6.20 Å². The lowest BCUT2D eigenvalue weighted by atomic mass is 10.1. The van der Waals surface area contributed by atoms with Crippen molar-refractivity contribution in [1.29, 1.82) is 0 Å². The van der Waals surface area contributed by atoms with Crippen LogP contribution >= 0.6 is 15.9 Å². The Labute approximate surface area is 104 Å². The molecule has 1 aromatic heterocycles. The summed E-state index contributed by atoms with van der Waals surface area (Å²) in [6, 6.07) is 1.38. The van der Waals surface area contributed by atoms with Gasteiger partial charge in [0.1, 0.15) is 5.82 Å². The number of nitrogens with zero attached hydrogens (tertiary/aromatic N) is 1. The van der Waals surface area contributed by atoms with Gasteiger partial charge in [0.2, 0.25) is 5.91 Å². The van der Waals surface area contributed by atoms with E-state index in [0.29, 0.717) is 5.82 Å². The van der Waals surface area contributed by atoms with Crippen LogP contribution in [-0.4, -0.2) is 16.9 Å². The van der Waals surface area contributed by atoms with Gasteiger partial charge >= 0.3 is 0 Å². The molecule has 1 rings (SSSR count). The summed E-state index contributed by atoms with van der Waals surface area (Å²) in [5, 5.41) is 2.72. The van der Waals surface area contributed by atoms with Crippen molar-refractivity contribution in [2.24, 2.45) is 11.7 Å². The van der Waals surface area contributed by atoms with E-state index in [-0.39, 0.29) is 11.8 Å². The van der Waals surface area contributed by atoms with Crippen LogP contribution in [0.5, 0.6) is 0 Å². The number of nitrogens with two attached hydrogens (primary N) is 1. The molecule has 0 fully saturated rings. The van der Waals surface area contributed by atoms with Gasteiger partial charge in [0.05, 0.1) is 6.04 Å². The van der Waals surface area contributed by atoms with Crippen LogP contribution < -0.4 is 11.1 Å². The normalized spacial score (nSPS) is 12.6. The van der Waals surface area contributed by atoms with E-state index < -0.39 is 6.04 Å². The minimum absolute atomic E-state index is 0.107.